The molecule has 2 amide bonds. The Hall–Kier alpha value is -2.80. The van der Waals surface area contributed by atoms with Crippen LogP contribution >= 0.6 is 0 Å². The molecule has 0 radical (unpaired) electrons. The summed E-state index contributed by atoms with van der Waals surface area (Å²) < 4.78 is 26.6. The molecule has 2 aromatic rings. The zero-order chi connectivity index (χ0) is 21.9. The second kappa shape index (κ2) is 12.0. The molecule has 0 aliphatic heterocycles. The molecule has 0 aliphatic carbocycles. The van der Waals surface area contributed by atoms with Gasteiger partial charge in [-0.1, -0.05) is 44.2 Å². The van der Waals surface area contributed by atoms with Gasteiger partial charge in [-0.3, -0.25) is 14.5 Å². The maximum absolute atomic E-state index is 13.6. The van der Waals surface area contributed by atoms with Crippen molar-refractivity contribution in [3.63, 3.8) is 0 Å². The summed E-state index contributed by atoms with van der Waals surface area (Å²) in [6, 6.07) is 13.0. The lowest BCUT2D eigenvalue weighted by molar-refractivity contribution is -0.121. The minimum absolute atomic E-state index is 0.0656. The first-order valence-corrected chi connectivity index (χ1v) is 10.2. The van der Waals surface area contributed by atoms with E-state index in [1.54, 1.807) is 0 Å². The monoisotopic (exact) mass is 417 g/mol. The molecule has 2 aromatic carbocycles. The topological polar surface area (TPSA) is 61.4 Å². The van der Waals surface area contributed by atoms with Crippen LogP contribution in [0, 0.1) is 11.6 Å². The van der Waals surface area contributed by atoms with Crippen LogP contribution < -0.4 is 10.6 Å². The Balaban J connectivity index is 1.82. The Kier molecular flexibility index (Phi) is 9.41. The van der Waals surface area contributed by atoms with Crippen LogP contribution in [0.2, 0.25) is 0 Å². The molecule has 162 valence electrons. The summed E-state index contributed by atoms with van der Waals surface area (Å²) in [6.45, 7) is 6.50. The van der Waals surface area contributed by atoms with Crippen LogP contribution in [0.25, 0.3) is 0 Å². The van der Waals surface area contributed by atoms with Gasteiger partial charge in [-0.2, -0.15) is 0 Å². The number of carbonyl (C=O) groups excluding carboxylic acids is 2. The van der Waals surface area contributed by atoms with E-state index in [-0.39, 0.29) is 30.5 Å². The summed E-state index contributed by atoms with van der Waals surface area (Å²) in [6.07, 6.45) is 0.897. The van der Waals surface area contributed by atoms with Gasteiger partial charge in [-0.25, -0.2) is 8.78 Å². The Morgan fingerprint density at radius 1 is 1.00 bits per heavy atom. The van der Waals surface area contributed by atoms with Crippen LogP contribution in [0.4, 0.5) is 8.78 Å². The Morgan fingerprint density at radius 3 is 2.33 bits per heavy atom. The number of nitrogens with zero attached hydrogens (tertiary/aromatic N) is 1. The van der Waals surface area contributed by atoms with Crippen LogP contribution in [0.15, 0.2) is 48.5 Å². The number of halogens is 2. The van der Waals surface area contributed by atoms with Crippen molar-refractivity contribution in [3.05, 3.63) is 71.3 Å². The van der Waals surface area contributed by atoms with Gasteiger partial charge in [0.1, 0.15) is 11.6 Å². The van der Waals surface area contributed by atoms with Crippen molar-refractivity contribution in [2.24, 2.45) is 0 Å². The van der Waals surface area contributed by atoms with Crippen molar-refractivity contribution in [1.82, 2.24) is 15.5 Å². The highest BCUT2D eigenvalue weighted by Crippen LogP contribution is 2.10. The molecule has 1 atom stereocenters. The van der Waals surface area contributed by atoms with Gasteiger partial charge in [0.2, 0.25) is 5.91 Å². The Labute approximate surface area is 176 Å². The third-order valence-corrected chi connectivity index (χ3v) is 4.99. The van der Waals surface area contributed by atoms with E-state index in [0.29, 0.717) is 12.6 Å². The molecule has 2 rings (SSSR count). The van der Waals surface area contributed by atoms with Crippen molar-refractivity contribution in [1.29, 1.82) is 0 Å². The van der Waals surface area contributed by atoms with Crippen molar-refractivity contribution in [2.45, 2.75) is 32.7 Å². The predicted molar refractivity (Wildman–Crippen MR) is 113 cm³/mol. The first-order chi connectivity index (χ1) is 14.4. The first kappa shape index (κ1) is 23.5. The van der Waals surface area contributed by atoms with E-state index in [1.807, 2.05) is 18.2 Å². The molecule has 0 fully saturated rings. The van der Waals surface area contributed by atoms with Gasteiger partial charge < -0.3 is 10.6 Å². The van der Waals surface area contributed by atoms with Gasteiger partial charge in [0.05, 0.1) is 5.56 Å². The number of carbonyl (C=O) groups is 2. The zero-order valence-electron chi connectivity index (χ0n) is 17.5. The molecule has 0 heterocycles. The number of amides is 2. The number of likely N-dealkylation sites (N-methyl/N-ethyl adjacent to an activating group) is 1. The van der Waals surface area contributed by atoms with E-state index < -0.39 is 17.5 Å². The lowest BCUT2D eigenvalue weighted by atomic mass is 10.0. The van der Waals surface area contributed by atoms with Gasteiger partial charge in [-0.05, 0) is 37.2 Å². The summed E-state index contributed by atoms with van der Waals surface area (Å²) in [5, 5.41) is 5.42. The summed E-state index contributed by atoms with van der Waals surface area (Å²) in [5.74, 6) is -2.55. The third kappa shape index (κ3) is 7.22. The molecule has 0 saturated carbocycles. The highest BCUT2D eigenvalue weighted by molar-refractivity contribution is 5.94. The van der Waals surface area contributed by atoms with Crippen molar-refractivity contribution in [2.75, 3.05) is 26.2 Å². The van der Waals surface area contributed by atoms with Crippen LogP contribution in [0.5, 0.6) is 0 Å². The normalized spacial score (nSPS) is 11.9. The summed E-state index contributed by atoms with van der Waals surface area (Å²) in [5.41, 5.74) is 0.957. The highest BCUT2D eigenvalue weighted by Gasteiger charge is 2.18. The van der Waals surface area contributed by atoms with Crippen LogP contribution in [0.3, 0.4) is 0 Å². The van der Waals surface area contributed by atoms with Gasteiger partial charge in [0, 0.05) is 31.6 Å². The molecule has 0 bridgehead atoms. The Bertz CT molecular complexity index is 826. The molecule has 0 spiro atoms. The second-order valence-electron chi connectivity index (χ2n) is 7.00. The standard InChI is InChI=1S/C23H29F2N3O2/c1-3-28(4-2)19(14-17-8-6-5-7-9-17)16-27-22(29)12-13-26-23(30)20-11-10-18(24)15-21(20)25/h5-11,15,19H,3-4,12-14,16H2,1-2H3,(H,26,30)(H,27,29). The summed E-state index contributed by atoms with van der Waals surface area (Å²) in [4.78, 5) is 26.5. The molecule has 2 N–H and O–H groups in total. The number of rotatable bonds is 11. The van der Waals surface area contributed by atoms with Crippen molar-refractivity contribution >= 4 is 11.8 Å². The van der Waals surface area contributed by atoms with Crippen molar-refractivity contribution in [3.8, 4) is 0 Å². The molecule has 0 aromatic heterocycles. The van der Waals surface area contributed by atoms with Gasteiger partial charge in [-0.15, -0.1) is 0 Å². The molecule has 1 unspecified atom stereocenters. The van der Waals surface area contributed by atoms with Crippen molar-refractivity contribution < 1.29 is 18.4 Å². The van der Waals surface area contributed by atoms with Gasteiger partial charge in [0.15, 0.2) is 0 Å². The molecule has 0 saturated heterocycles. The average molecular weight is 418 g/mol. The third-order valence-electron chi connectivity index (χ3n) is 4.99. The fourth-order valence-electron chi connectivity index (χ4n) is 3.33. The minimum atomic E-state index is -0.931. The second-order valence-corrected chi connectivity index (χ2v) is 7.00. The molecule has 5 nitrogen and oxygen atoms in total. The lowest BCUT2D eigenvalue weighted by Gasteiger charge is -2.30. The molecule has 0 aliphatic rings. The Morgan fingerprint density at radius 2 is 1.70 bits per heavy atom. The number of benzene rings is 2. The smallest absolute Gasteiger partial charge is 0.254 e. The molecular weight excluding hydrogens is 388 g/mol. The molecular formula is C23H29F2N3O2. The quantitative estimate of drug-likeness (QED) is 0.591. The van der Waals surface area contributed by atoms with E-state index in [2.05, 4.69) is 41.5 Å². The van der Waals surface area contributed by atoms with E-state index in [0.717, 1.165) is 31.6 Å². The van der Waals surface area contributed by atoms with Gasteiger partial charge in [0.25, 0.3) is 5.91 Å². The van der Waals surface area contributed by atoms with Gasteiger partial charge >= 0.3 is 0 Å². The van der Waals surface area contributed by atoms with Crippen LogP contribution in [-0.4, -0.2) is 48.9 Å². The van der Waals surface area contributed by atoms with Crippen LogP contribution in [0.1, 0.15) is 36.2 Å². The van der Waals surface area contributed by atoms with E-state index in [1.165, 1.54) is 5.56 Å². The minimum Gasteiger partial charge on any atom is -0.354 e. The summed E-state index contributed by atoms with van der Waals surface area (Å²) in [7, 11) is 0. The highest BCUT2D eigenvalue weighted by atomic mass is 19.1. The molecule has 7 heteroatoms. The average Bonchev–Trinajstić information content (AvgIpc) is 2.73. The predicted octanol–water partition coefficient (Wildman–Crippen LogP) is 3.15. The van der Waals surface area contributed by atoms with E-state index in [9.17, 15) is 18.4 Å². The lowest BCUT2D eigenvalue weighted by Crippen LogP contribution is -2.45. The number of nitrogens with one attached hydrogen (secondary N) is 2. The van der Waals surface area contributed by atoms with E-state index in [4.69, 9.17) is 0 Å². The molecule has 30 heavy (non-hydrogen) atoms. The maximum Gasteiger partial charge on any atom is 0.254 e. The largest absolute Gasteiger partial charge is 0.354 e. The zero-order valence-corrected chi connectivity index (χ0v) is 17.5. The fourth-order valence-corrected chi connectivity index (χ4v) is 3.33. The maximum atomic E-state index is 13.6. The SMILES string of the molecule is CCN(CC)C(CNC(=O)CCNC(=O)c1ccc(F)cc1F)Cc1ccccc1. The first-order valence-electron chi connectivity index (χ1n) is 10.2. The van der Waals surface area contributed by atoms with E-state index >= 15 is 0 Å². The fraction of sp³-hybridized carbons (Fsp3) is 0.391. The summed E-state index contributed by atoms with van der Waals surface area (Å²) >= 11 is 0. The number of hydrogen-bond acceptors (Lipinski definition) is 3. The van der Waals surface area contributed by atoms with Crippen LogP contribution in [-0.2, 0) is 11.2 Å². The number of hydrogen-bond donors (Lipinski definition) is 2.